The molecule has 1 aromatic heterocycles. The number of anilines is 1. The van der Waals surface area contributed by atoms with Gasteiger partial charge < -0.3 is 5.32 Å². The number of hydrogen-bond acceptors (Lipinski definition) is 3. The van der Waals surface area contributed by atoms with Crippen LogP contribution in [-0.4, -0.2) is 16.5 Å². The molecule has 2 saturated carbocycles. The Morgan fingerprint density at radius 3 is 2.53 bits per heavy atom. The van der Waals surface area contributed by atoms with E-state index in [1.165, 1.54) is 50.6 Å². The third-order valence-electron chi connectivity index (χ3n) is 4.29. The second-order valence-electron chi connectivity index (χ2n) is 6.07. The molecule has 19 heavy (non-hydrogen) atoms. The molecule has 0 amide bonds. The normalized spacial score (nSPS) is 20.5. The van der Waals surface area contributed by atoms with Crippen molar-refractivity contribution in [1.82, 2.24) is 9.97 Å². The lowest BCUT2D eigenvalue weighted by Crippen LogP contribution is -2.12. The Labute approximate surface area is 116 Å². The van der Waals surface area contributed by atoms with Crippen molar-refractivity contribution in [3.05, 3.63) is 17.6 Å². The Bertz CT molecular complexity index is 420. The summed E-state index contributed by atoms with van der Waals surface area (Å²) in [5.74, 6) is 3.49. The summed E-state index contributed by atoms with van der Waals surface area (Å²) >= 11 is 0. The van der Waals surface area contributed by atoms with Crippen molar-refractivity contribution in [2.45, 2.75) is 70.1 Å². The molecule has 0 bridgehead atoms. The zero-order valence-corrected chi connectivity index (χ0v) is 12.0. The van der Waals surface area contributed by atoms with Crippen molar-refractivity contribution in [3.8, 4) is 0 Å². The Morgan fingerprint density at radius 1 is 1.05 bits per heavy atom. The van der Waals surface area contributed by atoms with Crippen LogP contribution in [0.2, 0.25) is 0 Å². The predicted octanol–water partition coefficient (Wildman–Crippen LogP) is 4.22. The first-order valence-electron chi connectivity index (χ1n) is 7.99. The average Bonchev–Trinajstić information content (AvgIpc) is 3.30. The van der Waals surface area contributed by atoms with Crippen LogP contribution in [0, 0.1) is 0 Å². The lowest BCUT2D eigenvalue weighted by molar-refractivity contribution is 0.428. The minimum absolute atomic E-state index is 0.606. The summed E-state index contributed by atoms with van der Waals surface area (Å²) in [5, 5.41) is 3.45. The van der Waals surface area contributed by atoms with Crippen LogP contribution in [0.3, 0.4) is 0 Å². The maximum absolute atomic E-state index is 4.88. The lowest BCUT2D eigenvalue weighted by Gasteiger charge is -2.21. The number of nitrogens with one attached hydrogen (secondary N) is 1. The number of hydrogen-bond donors (Lipinski definition) is 1. The van der Waals surface area contributed by atoms with Gasteiger partial charge in [0.05, 0.1) is 0 Å². The number of aromatic nitrogens is 2. The third kappa shape index (κ3) is 3.26. The number of rotatable bonds is 5. The SMILES string of the molecule is CCCNc1cc(C2CC2)nc(C2CCCCC2)n1. The van der Waals surface area contributed by atoms with Crippen molar-refractivity contribution in [2.75, 3.05) is 11.9 Å². The molecular weight excluding hydrogens is 234 g/mol. The van der Waals surface area contributed by atoms with Crippen molar-refractivity contribution in [3.63, 3.8) is 0 Å². The van der Waals surface area contributed by atoms with Crippen LogP contribution in [0.5, 0.6) is 0 Å². The molecule has 3 nitrogen and oxygen atoms in total. The summed E-state index contributed by atoms with van der Waals surface area (Å²) in [6, 6.07) is 2.18. The molecule has 0 saturated heterocycles. The molecule has 3 rings (SSSR count). The van der Waals surface area contributed by atoms with Crippen molar-refractivity contribution >= 4 is 5.82 Å². The molecule has 2 aliphatic rings. The van der Waals surface area contributed by atoms with E-state index in [0.29, 0.717) is 11.8 Å². The molecule has 0 aromatic carbocycles. The molecule has 2 fully saturated rings. The molecule has 1 aromatic rings. The van der Waals surface area contributed by atoms with E-state index in [2.05, 4.69) is 18.3 Å². The smallest absolute Gasteiger partial charge is 0.134 e. The van der Waals surface area contributed by atoms with Crippen LogP contribution in [0.25, 0.3) is 0 Å². The molecule has 0 spiro atoms. The van der Waals surface area contributed by atoms with Gasteiger partial charge in [-0.2, -0.15) is 0 Å². The van der Waals surface area contributed by atoms with Crippen LogP contribution < -0.4 is 5.32 Å². The fourth-order valence-corrected chi connectivity index (χ4v) is 2.96. The molecule has 3 heteroatoms. The first-order chi connectivity index (χ1) is 9.36. The maximum Gasteiger partial charge on any atom is 0.134 e. The summed E-state index contributed by atoms with van der Waals surface area (Å²) < 4.78 is 0. The first-order valence-corrected chi connectivity index (χ1v) is 7.99. The van der Waals surface area contributed by atoms with Gasteiger partial charge in [0.1, 0.15) is 11.6 Å². The Kier molecular flexibility index (Phi) is 4.00. The maximum atomic E-state index is 4.88. The topological polar surface area (TPSA) is 37.8 Å². The molecule has 1 heterocycles. The van der Waals surface area contributed by atoms with Crippen LogP contribution in [0.1, 0.15) is 81.6 Å². The highest BCUT2D eigenvalue weighted by Gasteiger charge is 2.27. The van der Waals surface area contributed by atoms with E-state index in [4.69, 9.17) is 9.97 Å². The van der Waals surface area contributed by atoms with Crippen LogP contribution in [-0.2, 0) is 0 Å². The third-order valence-corrected chi connectivity index (χ3v) is 4.29. The summed E-state index contributed by atoms with van der Waals surface area (Å²) in [5.41, 5.74) is 1.29. The van der Waals surface area contributed by atoms with Gasteiger partial charge in [0.25, 0.3) is 0 Å². The summed E-state index contributed by atoms with van der Waals surface area (Å²) in [6.07, 6.45) is 10.4. The first kappa shape index (κ1) is 12.9. The largest absolute Gasteiger partial charge is 0.370 e. The summed E-state index contributed by atoms with van der Waals surface area (Å²) in [6.45, 7) is 3.20. The lowest BCUT2D eigenvalue weighted by atomic mass is 9.88. The van der Waals surface area contributed by atoms with Crippen LogP contribution >= 0.6 is 0 Å². The van der Waals surface area contributed by atoms with Gasteiger partial charge in [-0.3, -0.25) is 0 Å². The fraction of sp³-hybridized carbons (Fsp3) is 0.750. The van der Waals surface area contributed by atoms with E-state index < -0.39 is 0 Å². The molecule has 0 aliphatic heterocycles. The molecule has 1 N–H and O–H groups in total. The summed E-state index contributed by atoms with van der Waals surface area (Å²) in [4.78, 5) is 9.66. The Balaban J connectivity index is 1.81. The molecule has 104 valence electrons. The molecule has 0 radical (unpaired) electrons. The highest BCUT2D eigenvalue weighted by atomic mass is 15.0. The monoisotopic (exact) mass is 259 g/mol. The van der Waals surface area contributed by atoms with Gasteiger partial charge in [-0.05, 0) is 32.1 Å². The average molecular weight is 259 g/mol. The van der Waals surface area contributed by atoms with E-state index in [0.717, 1.165) is 24.6 Å². The zero-order valence-electron chi connectivity index (χ0n) is 12.0. The molecule has 0 atom stereocenters. The van der Waals surface area contributed by atoms with Crippen LogP contribution in [0.4, 0.5) is 5.82 Å². The van der Waals surface area contributed by atoms with E-state index >= 15 is 0 Å². The molecule has 2 aliphatic carbocycles. The Morgan fingerprint density at radius 2 is 1.84 bits per heavy atom. The highest BCUT2D eigenvalue weighted by Crippen LogP contribution is 2.40. The molecular formula is C16H25N3. The van der Waals surface area contributed by atoms with E-state index in [9.17, 15) is 0 Å². The van der Waals surface area contributed by atoms with Gasteiger partial charge in [-0.1, -0.05) is 26.2 Å². The minimum Gasteiger partial charge on any atom is -0.370 e. The van der Waals surface area contributed by atoms with E-state index in [1.54, 1.807) is 0 Å². The van der Waals surface area contributed by atoms with Gasteiger partial charge in [0.2, 0.25) is 0 Å². The van der Waals surface area contributed by atoms with Gasteiger partial charge >= 0.3 is 0 Å². The van der Waals surface area contributed by atoms with Gasteiger partial charge in [0, 0.05) is 30.1 Å². The zero-order chi connectivity index (χ0) is 13.1. The van der Waals surface area contributed by atoms with Crippen molar-refractivity contribution < 1.29 is 0 Å². The van der Waals surface area contributed by atoms with Crippen molar-refractivity contribution in [1.29, 1.82) is 0 Å². The minimum atomic E-state index is 0.606. The molecule has 0 unspecified atom stereocenters. The van der Waals surface area contributed by atoms with E-state index in [-0.39, 0.29) is 0 Å². The fourth-order valence-electron chi connectivity index (χ4n) is 2.96. The predicted molar refractivity (Wildman–Crippen MR) is 78.6 cm³/mol. The summed E-state index contributed by atoms with van der Waals surface area (Å²) in [7, 11) is 0. The van der Waals surface area contributed by atoms with Gasteiger partial charge in [-0.15, -0.1) is 0 Å². The Hall–Kier alpha value is -1.12. The second-order valence-corrected chi connectivity index (χ2v) is 6.07. The highest BCUT2D eigenvalue weighted by molar-refractivity contribution is 5.38. The second kappa shape index (κ2) is 5.89. The van der Waals surface area contributed by atoms with E-state index in [1.807, 2.05) is 0 Å². The van der Waals surface area contributed by atoms with Crippen molar-refractivity contribution in [2.24, 2.45) is 0 Å². The van der Waals surface area contributed by atoms with Gasteiger partial charge in [-0.25, -0.2) is 9.97 Å². The standard InChI is InChI=1S/C16H25N3/c1-2-10-17-15-11-14(12-8-9-12)18-16(19-15)13-6-4-3-5-7-13/h11-13H,2-10H2,1H3,(H,17,18,19). The number of nitrogens with zero attached hydrogens (tertiary/aromatic N) is 2. The van der Waals surface area contributed by atoms with Crippen LogP contribution in [0.15, 0.2) is 6.07 Å². The quantitative estimate of drug-likeness (QED) is 0.860. The van der Waals surface area contributed by atoms with Gasteiger partial charge in [0.15, 0.2) is 0 Å².